The molecule has 0 N–H and O–H groups in total. The molecule has 15 heavy (non-hydrogen) atoms. The van der Waals surface area contributed by atoms with Crippen molar-refractivity contribution in [2.24, 2.45) is 4.99 Å². The molecule has 1 aliphatic heterocycles. The zero-order valence-electron chi connectivity index (χ0n) is 10.2. The van der Waals surface area contributed by atoms with Gasteiger partial charge in [-0.1, -0.05) is 12.8 Å². The molecular formula is C11H23NO2Si. The molecule has 0 spiro atoms. The van der Waals surface area contributed by atoms with Gasteiger partial charge >= 0.3 is 8.56 Å². The molecule has 0 saturated carbocycles. The van der Waals surface area contributed by atoms with E-state index < -0.39 is 8.56 Å². The minimum absolute atomic E-state index is 0.674. The van der Waals surface area contributed by atoms with E-state index in [9.17, 15) is 0 Å². The maximum absolute atomic E-state index is 5.80. The summed E-state index contributed by atoms with van der Waals surface area (Å²) < 4.78 is 11.1. The Bertz CT molecular complexity index is 217. The minimum atomic E-state index is -1.87. The van der Waals surface area contributed by atoms with Gasteiger partial charge in [-0.25, -0.2) is 0 Å². The standard InChI is InChI=1S/C11H23NO2Si/c1-13-15(2,3)14-10-11-8-6-4-5-7-9-12-11/h4-10H2,1-3H3. The van der Waals surface area contributed by atoms with E-state index in [-0.39, 0.29) is 0 Å². The Kier molecular flexibility index (Phi) is 5.50. The molecule has 0 aliphatic carbocycles. The van der Waals surface area contributed by atoms with Gasteiger partial charge in [-0.2, -0.15) is 0 Å². The van der Waals surface area contributed by atoms with Crippen LogP contribution in [0.3, 0.4) is 0 Å². The van der Waals surface area contributed by atoms with E-state index in [4.69, 9.17) is 8.85 Å². The number of hydrogen-bond donors (Lipinski definition) is 0. The fourth-order valence-electron chi connectivity index (χ4n) is 1.54. The Morgan fingerprint density at radius 1 is 1.20 bits per heavy atom. The zero-order chi connectivity index (χ0) is 11.1. The van der Waals surface area contributed by atoms with Gasteiger partial charge in [-0.05, 0) is 32.4 Å². The van der Waals surface area contributed by atoms with Crippen LogP contribution in [0.4, 0.5) is 0 Å². The molecule has 0 fully saturated rings. The van der Waals surface area contributed by atoms with Gasteiger partial charge in [0.05, 0.1) is 6.61 Å². The highest BCUT2D eigenvalue weighted by atomic mass is 28.4. The van der Waals surface area contributed by atoms with Crippen molar-refractivity contribution in [1.82, 2.24) is 0 Å². The number of nitrogens with zero attached hydrogens (tertiary/aromatic N) is 1. The van der Waals surface area contributed by atoms with Gasteiger partial charge < -0.3 is 8.85 Å². The van der Waals surface area contributed by atoms with E-state index in [0.29, 0.717) is 6.61 Å². The summed E-state index contributed by atoms with van der Waals surface area (Å²) in [6.07, 6.45) is 6.26. The molecule has 1 rings (SSSR count). The van der Waals surface area contributed by atoms with Crippen LogP contribution in [0.2, 0.25) is 13.1 Å². The van der Waals surface area contributed by atoms with Crippen molar-refractivity contribution in [3.8, 4) is 0 Å². The van der Waals surface area contributed by atoms with Crippen LogP contribution >= 0.6 is 0 Å². The van der Waals surface area contributed by atoms with E-state index >= 15 is 0 Å². The van der Waals surface area contributed by atoms with Crippen molar-refractivity contribution in [3.63, 3.8) is 0 Å². The Hall–Kier alpha value is -0.193. The monoisotopic (exact) mass is 229 g/mol. The molecule has 1 heterocycles. The summed E-state index contributed by atoms with van der Waals surface area (Å²) in [5.74, 6) is 0. The lowest BCUT2D eigenvalue weighted by Crippen LogP contribution is -2.35. The van der Waals surface area contributed by atoms with Crippen molar-refractivity contribution in [2.45, 2.75) is 45.2 Å². The molecule has 0 bridgehead atoms. The van der Waals surface area contributed by atoms with Crippen molar-refractivity contribution < 1.29 is 8.85 Å². The number of hydrogen-bond acceptors (Lipinski definition) is 3. The van der Waals surface area contributed by atoms with Gasteiger partial charge in [0.15, 0.2) is 0 Å². The van der Waals surface area contributed by atoms with Crippen LogP contribution in [0.1, 0.15) is 32.1 Å². The first kappa shape index (κ1) is 12.9. The maximum atomic E-state index is 5.80. The summed E-state index contributed by atoms with van der Waals surface area (Å²) in [6.45, 7) is 5.79. The van der Waals surface area contributed by atoms with E-state index in [1.165, 1.54) is 31.4 Å². The molecule has 0 atom stereocenters. The Morgan fingerprint density at radius 3 is 2.67 bits per heavy atom. The minimum Gasteiger partial charge on any atom is -0.398 e. The Labute approximate surface area is 94.1 Å². The van der Waals surface area contributed by atoms with Crippen LogP contribution in [0.15, 0.2) is 4.99 Å². The molecule has 3 nitrogen and oxygen atoms in total. The number of aliphatic imine (C=N–C) groups is 1. The van der Waals surface area contributed by atoms with E-state index in [1.54, 1.807) is 7.11 Å². The normalized spacial score (nSPS) is 19.3. The molecule has 0 aromatic carbocycles. The lowest BCUT2D eigenvalue weighted by molar-refractivity contribution is 0.239. The summed E-state index contributed by atoms with van der Waals surface area (Å²) in [5.41, 5.74) is 1.23. The second-order valence-electron chi connectivity index (χ2n) is 4.50. The SMILES string of the molecule is CO[Si](C)(C)OCC1=NCCCCCC1. The second kappa shape index (κ2) is 6.40. The van der Waals surface area contributed by atoms with Crippen molar-refractivity contribution in [3.05, 3.63) is 0 Å². The quantitative estimate of drug-likeness (QED) is 0.694. The van der Waals surface area contributed by atoms with Crippen molar-refractivity contribution in [2.75, 3.05) is 20.3 Å². The Balaban J connectivity index is 2.35. The van der Waals surface area contributed by atoms with Crippen LogP contribution in [-0.2, 0) is 8.85 Å². The van der Waals surface area contributed by atoms with E-state index in [1.807, 2.05) is 0 Å². The molecule has 1 aliphatic rings. The van der Waals surface area contributed by atoms with Gasteiger partial charge in [0.25, 0.3) is 0 Å². The van der Waals surface area contributed by atoms with Crippen LogP contribution in [0.25, 0.3) is 0 Å². The fraction of sp³-hybridized carbons (Fsp3) is 0.909. The molecule has 0 saturated heterocycles. The first-order valence-electron chi connectivity index (χ1n) is 5.85. The Morgan fingerprint density at radius 2 is 1.93 bits per heavy atom. The van der Waals surface area contributed by atoms with Crippen molar-refractivity contribution >= 4 is 14.3 Å². The van der Waals surface area contributed by atoms with Gasteiger partial charge in [-0.15, -0.1) is 0 Å². The molecule has 0 amide bonds. The van der Waals surface area contributed by atoms with Gasteiger partial charge in [0, 0.05) is 19.4 Å². The average molecular weight is 229 g/mol. The molecular weight excluding hydrogens is 206 g/mol. The fourth-order valence-corrected chi connectivity index (χ4v) is 2.18. The molecule has 4 heteroatoms. The van der Waals surface area contributed by atoms with Gasteiger partial charge in [0.1, 0.15) is 0 Å². The third-order valence-corrected chi connectivity index (χ3v) is 4.61. The molecule has 88 valence electrons. The summed E-state index contributed by atoms with van der Waals surface area (Å²) >= 11 is 0. The van der Waals surface area contributed by atoms with E-state index in [2.05, 4.69) is 18.1 Å². The van der Waals surface area contributed by atoms with Crippen LogP contribution in [0.5, 0.6) is 0 Å². The lowest BCUT2D eigenvalue weighted by atomic mass is 10.1. The summed E-state index contributed by atoms with van der Waals surface area (Å²) in [4.78, 5) is 4.58. The molecule has 0 aromatic rings. The predicted octanol–water partition coefficient (Wildman–Crippen LogP) is 2.76. The summed E-state index contributed by atoms with van der Waals surface area (Å²) in [6, 6.07) is 0. The zero-order valence-corrected chi connectivity index (χ0v) is 11.2. The van der Waals surface area contributed by atoms with Crippen LogP contribution in [-0.4, -0.2) is 34.5 Å². The highest BCUT2D eigenvalue weighted by molar-refractivity contribution is 6.64. The second-order valence-corrected chi connectivity index (χ2v) is 8.00. The van der Waals surface area contributed by atoms with E-state index in [0.717, 1.165) is 13.0 Å². The first-order valence-corrected chi connectivity index (χ1v) is 8.67. The average Bonchev–Trinajstić information content (AvgIpc) is 2.16. The third-order valence-electron chi connectivity index (χ3n) is 2.79. The maximum Gasteiger partial charge on any atom is 0.331 e. The largest absolute Gasteiger partial charge is 0.398 e. The highest BCUT2D eigenvalue weighted by Crippen LogP contribution is 2.11. The molecule has 0 unspecified atom stereocenters. The smallest absolute Gasteiger partial charge is 0.331 e. The highest BCUT2D eigenvalue weighted by Gasteiger charge is 2.23. The summed E-state index contributed by atoms with van der Waals surface area (Å²) in [7, 11) is -0.143. The number of rotatable bonds is 4. The lowest BCUT2D eigenvalue weighted by Gasteiger charge is -2.21. The molecule has 0 radical (unpaired) electrons. The van der Waals surface area contributed by atoms with Gasteiger partial charge in [0.2, 0.25) is 0 Å². The first-order chi connectivity index (χ1) is 7.14. The topological polar surface area (TPSA) is 30.8 Å². The third kappa shape index (κ3) is 5.44. The molecule has 0 aromatic heterocycles. The van der Waals surface area contributed by atoms with Crippen molar-refractivity contribution in [1.29, 1.82) is 0 Å². The van der Waals surface area contributed by atoms with Crippen LogP contribution in [0, 0.1) is 0 Å². The predicted molar refractivity (Wildman–Crippen MR) is 65.8 cm³/mol. The van der Waals surface area contributed by atoms with Gasteiger partial charge in [-0.3, -0.25) is 4.99 Å². The summed E-state index contributed by atoms with van der Waals surface area (Å²) in [5, 5.41) is 0. The van der Waals surface area contributed by atoms with Crippen LogP contribution < -0.4 is 0 Å².